The van der Waals surface area contributed by atoms with Gasteiger partial charge in [0.25, 0.3) is 5.91 Å². The number of benzene rings is 1. The number of urea groups is 1. The Morgan fingerprint density at radius 3 is 2.34 bits per heavy atom. The highest BCUT2D eigenvalue weighted by Crippen LogP contribution is 2.28. The predicted octanol–water partition coefficient (Wildman–Crippen LogP) is 1.75. The van der Waals surface area contributed by atoms with E-state index in [0.717, 1.165) is 31.5 Å². The number of piperidine rings is 1. The molecule has 1 aromatic rings. The summed E-state index contributed by atoms with van der Waals surface area (Å²) in [4.78, 5) is 40.5. The first-order valence-corrected chi connectivity index (χ1v) is 11.4. The van der Waals surface area contributed by atoms with Crippen LogP contribution < -0.4 is 20.1 Å². The summed E-state index contributed by atoms with van der Waals surface area (Å²) in [6.07, 6.45) is 3.52. The maximum Gasteiger partial charge on any atom is 0.319 e. The van der Waals surface area contributed by atoms with Crippen LogP contribution in [-0.4, -0.2) is 74.1 Å². The fraction of sp³-hybridized carbons (Fsp3) is 0.609. The molecule has 2 aliphatic rings. The third kappa shape index (κ3) is 6.27. The average molecular weight is 447 g/mol. The fourth-order valence-electron chi connectivity index (χ4n) is 4.11. The van der Waals surface area contributed by atoms with E-state index in [1.54, 1.807) is 12.1 Å². The number of amides is 4. The molecule has 4 amide bonds. The Morgan fingerprint density at radius 2 is 1.69 bits per heavy atom. The fourth-order valence-corrected chi connectivity index (χ4v) is 4.11. The molecule has 1 aromatic carbocycles. The summed E-state index contributed by atoms with van der Waals surface area (Å²) >= 11 is 0. The number of nitrogens with zero attached hydrogens (tertiary/aromatic N) is 2. The monoisotopic (exact) mass is 446 g/mol. The van der Waals surface area contributed by atoms with Crippen LogP contribution in [0.2, 0.25) is 0 Å². The quantitative estimate of drug-likeness (QED) is 0.634. The molecule has 0 bridgehead atoms. The van der Waals surface area contributed by atoms with Crippen LogP contribution in [0.15, 0.2) is 18.2 Å². The van der Waals surface area contributed by atoms with Crippen molar-refractivity contribution >= 4 is 17.8 Å². The second-order valence-electron chi connectivity index (χ2n) is 8.18. The lowest BCUT2D eigenvalue weighted by Gasteiger charge is -2.34. The first-order valence-electron chi connectivity index (χ1n) is 11.4. The molecule has 2 saturated heterocycles. The summed E-state index contributed by atoms with van der Waals surface area (Å²) in [7, 11) is 1.54. The minimum Gasteiger partial charge on any atom is -0.493 e. The normalized spacial score (nSPS) is 16.6. The highest BCUT2D eigenvalue weighted by atomic mass is 16.5. The number of nitrogens with one attached hydrogen (secondary N) is 2. The number of likely N-dealkylation sites (N-methyl/N-ethyl adjacent to an activating group) is 1. The first kappa shape index (κ1) is 23.7. The molecule has 2 fully saturated rings. The van der Waals surface area contributed by atoms with Crippen molar-refractivity contribution in [1.29, 1.82) is 0 Å². The van der Waals surface area contributed by atoms with E-state index in [0.29, 0.717) is 50.5 Å². The van der Waals surface area contributed by atoms with Crippen LogP contribution in [-0.2, 0) is 16.1 Å². The zero-order valence-corrected chi connectivity index (χ0v) is 19.0. The minimum atomic E-state index is -0.195. The Labute approximate surface area is 189 Å². The molecule has 32 heavy (non-hydrogen) atoms. The maximum atomic E-state index is 12.6. The standard InChI is InChI=1S/C23H34N4O5/c1-3-24-21(28)16-32-19-7-6-17(14-20(19)31-2)15-25-22(29)18-8-12-27(13-9-18)23(30)26-10-4-5-11-26/h6-7,14,18H,3-5,8-13,15-16H2,1-2H3,(H,24,28)(H,25,29). The summed E-state index contributed by atoms with van der Waals surface area (Å²) in [5, 5.41) is 5.67. The van der Waals surface area contributed by atoms with Gasteiger partial charge in [-0.25, -0.2) is 4.79 Å². The van der Waals surface area contributed by atoms with Crippen LogP contribution in [0.25, 0.3) is 0 Å². The van der Waals surface area contributed by atoms with Crippen molar-refractivity contribution in [2.75, 3.05) is 46.4 Å². The number of carbonyl (C=O) groups excluding carboxylic acids is 3. The second-order valence-corrected chi connectivity index (χ2v) is 8.18. The van der Waals surface area contributed by atoms with Crippen molar-refractivity contribution in [3.8, 4) is 11.5 Å². The van der Waals surface area contributed by atoms with Crippen LogP contribution in [0, 0.1) is 5.92 Å². The Balaban J connectivity index is 1.45. The molecule has 0 aliphatic carbocycles. The van der Waals surface area contributed by atoms with Crippen LogP contribution in [0.1, 0.15) is 38.2 Å². The third-order valence-electron chi connectivity index (χ3n) is 5.94. The van der Waals surface area contributed by atoms with Crippen molar-refractivity contribution < 1.29 is 23.9 Å². The van der Waals surface area contributed by atoms with Gasteiger partial charge in [-0.15, -0.1) is 0 Å². The number of hydrogen-bond acceptors (Lipinski definition) is 5. The average Bonchev–Trinajstić information content (AvgIpc) is 3.36. The Hall–Kier alpha value is -2.97. The van der Waals surface area contributed by atoms with Gasteiger partial charge < -0.3 is 29.9 Å². The van der Waals surface area contributed by atoms with Gasteiger partial charge in [0.1, 0.15) is 0 Å². The minimum absolute atomic E-state index is 0.00815. The SMILES string of the molecule is CCNC(=O)COc1ccc(CNC(=O)C2CCN(C(=O)N3CCCC3)CC2)cc1OC. The van der Waals surface area contributed by atoms with Gasteiger partial charge >= 0.3 is 6.03 Å². The lowest BCUT2D eigenvalue weighted by Crippen LogP contribution is -2.47. The van der Waals surface area contributed by atoms with Crippen molar-refractivity contribution in [3.05, 3.63) is 23.8 Å². The zero-order chi connectivity index (χ0) is 22.9. The summed E-state index contributed by atoms with van der Waals surface area (Å²) in [6, 6.07) is 5.49. The maximum absolute atomic E-state index is 12.6. The molecular formula is C23H34N4O5. The predicted molar refractivity (Wildman–Crippen MR) is 120 cm³/mol. The molecule has 9 nitrogen and oxygen atoms in total. The lowest BCUT2D eigenvalue weighted by atomic mass is 9.96. The lowest BCUT2D eigenvalue weighted by molar-refractivity contribution is -0.126. The van der Waals surface area contributed by atoms with Crippen LogP contribution >= 0.6 is 0 Å². The summed E-state index contributed by atoms with van der Waals surface area (Å²) in [6.45, 7) is 5.62. The smallest absolute Gasteiger partial charge is 0.319 e. The highest BCUT2D eigenvalue weighted by molar-refractivity contribution is 5.80. The Kier molecular flexibility index (Phi) is 8.58. The van der Waals surface area contributed by atoms with Gasteiger partial charge in [0, 0.05) is 45.2 Å². The number of likely N-dealkylation sites (tertiary alicyclic amines) is 2. The van der Waals surface area contributed by atoms with Gasteiger partial charge in [0.15, 0.2) is 18.1 Å². The molecule has 0 saturated carbocycles. The van der Waals surface area contributed by atoms with E-state index in [2.05, 4.69) is 10.6 Å². The zero-order valence-electron chi connectivity index (χ0n) is 19.0. The summed E-state index contributed by atoms with van der Waals surface area (Å²) in [5.74, 6) is 0.714. The molecule has 3 rings (SSSR count). The van der Waals surface area contributed by atoms with Gasteiger partial charge in [-0.1, -0.05) is 6.07 Å². The first-order chi connectivity index (χ1) is 15.5. The van der Waals surface area contributed by atoms with E-state index in [9.17, 15) is 14.4 Å². The number of ether oxygens (including phenoxy) is 2. The molecule has 176 valence electrons. The Morgan fingerprint density at radius 1 is 1.00 bits per heavy atom. The van der Waals surface area contributed by atoms with Crippen LogP contribution in [0.5, 0.6) is 11.5 Å². The van der Waals surface area contributed by atoms with E-state index in [-0.39, 0.29) is 30.4 Å². The van der Waals surface area contributed by atoms with Crippen molar-refractivity contribution in [1.82, 2.24) is 20.4 Å². The van der Waals surface area contributed by atoms with Crippen molar-refractivity contribution in [2.24, 2.45) is 5.92 Å². The molecule has 2 aliphatic heterocycles. The molecule has 2 heterocycles. The van der Waals surface area contributed by atoms with E-state index in [1.165, 1.54) is 7.11 Å². The molecule has 0 spiro atoms. The van der Waals surface area contributed by atoms with Gasteiger partial charge in [-0.2, -0.15) is 0 Å². The van der Waals surface area contributed by atoms with E-state index in [4.69, 9.17) is 9.47 Å². The van der Waals surface area contributed by atoms with E-state index < -0.39 is 0 Å². The highest BCUT2D eigenvalue weighted by Gasteiger charge is 2.30. The van der Waals surface area contributed by atoms with Crippen LogP contribution in [0.3, 0.4) is 0 Å². The van der Waals surface area contributed by atoms with Crippen LogP contribution in [0.4, 0.5) is 4.79 Å². The largest absolute Gasteiger partial charge is 0.493 e. The molecule has 0 atom stereocenters. The summed E-state index contributed by atoms with van der Waals surface area (Å²) < 4.78 is 10.9. The van der Waals surface area contributed by atoms with Gasteiger partial charge in [-0.3, -0.25) is 9.59 Å². The molecular weight excluding hydrogens is 412 g/mol. The number of hydrogen-bond donors (Lipinski definition) is 2. The third-order valence-corrected chi connectivity index (χ3v) is 5.94. The molecule has 0 unspecified atom stereocenters. The number of carbonyl (C=O) groups is 3. The summed E-state index contributed by atoms with van der Waals surface area (Å²) in [5.41, 5.74) is 0.877. The number of rotatable bonds is 8. The van der Waals surface area contributed by atoms with E-state index >= 15 is 0 Å². The van der Waals surface area contributed by atoms with Crippen molar-refractivity contribution in [2.45, 2.75) is 39.2 Å². The molecule has 0 aromatic heterocycles. The van der Waals surface area contributed by atoms with Gasteiger partial charge in [-0.05, 0) is 50.3 Å². The topological polar surface area (TPSA) is 100 Å². The molecule has 0 radical (unpaired) electrons. The Bertz CT molecular complexity index is 802. The van der Waals surface area contributed by atoms with Gasteiger partial charge in [0.2, 0.25) is 5.91 Å². The molecule has 9 heteroatoms. The van der Waals surface area contributed by atoms with Crippen molar-refractivity contribution in [3.63, 3.8) is 0 Å². The second kappa shape index (κ2) is 11.6. The van der Waals surface area contributed by atoms with Gasteiger partial charge in [0.05, 0.1) is 7.11 Å². The van der Waals surface area contributed by atoms with E-state index in [1.807, 2.05) is 22.8 Å². The number of methoxy groups -OCH3 is 1. The molecule has 2 N–H and O–H groups in total.